The molecule has 1 aliphatic rings. The van der Waals surface area contributed by atoms with Gasteiger partial charge < -0.3 is 0 Å². The first kappa shape index (κ1) is 5.70. The van der Waals surface area contributed by atoms with Crippen LogP contribution in [0.25, 0.3) is 12.2 Å². The topological polar surface area (TPSA) is 12.9 Å². The van der Waals surface area contributed by atoms with Crippen molar-refractivity contribution >= 4 is 23.5 Å². The zero-order valence-electron chi connectivity index (χ0n) is 5.51. The van der Waals surface area contributed by atoms with Gasteiger partial charge in [0.1, 0.15) is 0 Å². The molecule has 0 aliphatic heterocycles. The average molecular weight is 147 g/mol. The van der Waals surface area contributed by atoms with Gasteiger partial charge in [0.05, 0.1) is 15.6 Å². The lowest BCUT2D eigenvalue weighted by molar-refractivity contribution is 1.27. The fourth-order valence-electron chi connectivity index (χ4n) is 0.883. The third-order valence-corrected chi connectivity index (χ3v) is 2.22. The number of aryl methyl sites for hydroxylation is 1. The van der Waals surface area contributed by atoms with Gasteiger partial charge in [0, 0.05) is 12.2 Å². The fraction of sp³-hybridized carbons (Fsp3) is 0.125. The maximum Gasteiger partial charge on any atom is 0.0908 e. The van der Waals surface area contributed by atoms with Gasteiger partial charge in [0.25, 0.3) is 0 Å². The summed E-state index contributed by atoms with van der Waals surface area (Å²) in [7, 11) is 0. The van der Waals surface area contributed by atoms with E-state index in [9.17, 15) is 0 Å². The standard InChI is InChI=1S/C8H5NS/c1-6-9-7-4-2-3-5-8(7)10-6/h4-5H,1H3. The van der Waals surface area contributed by atoms with E-state index < -0.39 is 0 Å². The highest BCUT2D eigenvalue weighted by atomic mass is 32.1. The molecule has 0 amide bonds. The van der Waals surface area contributed by atoms with Crippen LogP contribution in [-0.2, 0) is 0 Å². The summed E-state index contributed by atoms with van der Waals surface area (Å²) in [6, 6.07) is 0. The van der Waals surface area contributed by atoms with E-state index >= 15 is 0 Å². The zero-order chi connectivity index (χ0) is 6.97. The van der Waals surface area contributed by atoms with E-state index in [1.54, 1.807) is 11.3 Å². The van der Waals surface area contributed by atoms with Gasteiger partial charge in [-0.05, 0) is 6.92 Å². The van der Waals surface area contributed by atoms with E-state index in [1.807, 2.05) is 19.1 Å². The number of hydrogen-bond donors (Lipinski definition) is 0. The first-order chi connectivity index (χ1) is 4.86. The van der Waals surface area contributed by atoms with Crippen LogP contribution in [0, 0.1) is 6.92 Å². The minimum absolute atomic E-state index is 1.03. The van der Waals surface area contributed by atoms with E-state index in [0.29, 0.717) is 0 Å². The molecule has 0 radical (unpaired) electrons. The molecule has 2 rings (SSSR count). The maximum absolute atomic E-state index is 4.28. The predicted molar refractivity (Wildman–Crippen MR) is 42.8 cm³/mol. The molecule has 0 saturated heterocycles. The molecule has 0 spiro atoms. The lowest BCUT2D eigenvalue weighted by Gasteiger charge is -1.85. The number of thiazole rings is 1. The maximum atomic E-state index is 4.28. The Hall–Kier alpha value is -1.07. The Kier molecular flexibility index (Phi) is 1.12. The molecule has 48 valence electrons. The fourth-order valence-corrected chi connectivity index (χ4v) is 1.67. The molecule has 0 unspecified atom stereocenters. The SMILES string of the molecule is Cc1nc2c(s1)C=C=C=C2. The molecule has 1 aromatic heterocycles. The van der Waals surface area contributed by atoms with Crippen molar-refractivity contribution in [2.75, 3.05) is 0 Å². The van der Waals surface area contributed by atoms with E-state index in [0.717, 1.165) is 10.7 Å². The van der Waals surface area contributed by atoms with E-state index in [4.69, 9.17) is 0 Å². The van der Waals surface area contributed by atoms with Gasteiger partial charge in [-0.25, -0.2) is 4.98 Å². The summed E-state index contributed by atoms with van der Waals surface area (Å²) in [5.41, 5.74) is 6.79. The van der Waals surface area contributed by atoms with Crippen LogP contribution in [0.2, 0.25) is 0 Å². The molecule has 0 fully saturated rings. The van der Waals surface area contributed by atoms with Gasteiger partial charge >= 0.3 is 0 Å². The van der Waals surface area contributed by atoms with Crippen molar-refractivity contribution in [3.63, 3.8) is 0 Å². The summed E-state index contributed by atoms with van der Waals surface area (Å²) in [4.78, 5) is 5.47. The summed E-state index contributed by atoms with van der Waals surface area (Å²) in [6.07, 6.45) is 3.78. The summed E-state index contributed by atoms with van der Waals surface area (Å²) >= 11 is 1.69. The molecule has 0 saturated carbocycles. The van der Waals surface area contributed by atoms with E-state index in [1.165, 1.54) is 4.88 Å². The highest BCUT2D eigenvalue weighted by molar-refractivity contribution is 7.12. The Morgan fingerprint density at radius 3 is 3.00 bits per heavy atom. The number of aromatic nitrogens is 1. The third kappa shape index (κ3) is 0.758. The first-order valence-corrected chi connectivity index (χ1v) is 3.83. The third-order valence-electron chi connectivity index (χ3n) is 1.28. The Balaban J connectivity index is 2.72. The quantitative estimate of drug-likeness (QED) is 0.521. The van der Waals surface area contributed by atoms with Crippen molar-refractivity contribution in [2.45, 2.75) is 6.92 Å². The number of hydrogen-bond acceptors (Lipinski definition) is 2. The minimum atomic E-state index is 1.03. The molecule has 0 aromatic carbocycles. The summed E-state index contributed by atoms with van der Waals surface area (Å²) in [5, 5.41) is 1.10. The predicted octanol–water partition coefficient (Wildman–Crippen LogP) is 2.25. The molecule has 10 heavy (non-hydrogen) atoms. The summed E-state index contributed by atoms with van der Waals surface area (Å²) in [6.45, 7) is 2.00. The molecular formula is C8H5NS. The Morgan fingerprint density at radius 1 is 1.40 bits per heavy atom. The monoisotopic (exact) mass is 147 g/mol. The zero-order valence-corrected chi connectivity index (χ0v) is 6.33. The van der Waals surface area contributed by atoms with Crippen LogP contribution < -0.4 is 0 Å². The first-order valence-electron chi connectivity index (χ1n) is 3.01. The minimum Gasteiger partial charge on any atom is -0.241 e. The smallest absolute Gasteiger partial charge is 0.0908 e. The van der Waals surface area contributed by atoms with Crippen molar-refractivity contribution in [3.8, 4) is 0 Å². The Labute approximate surface area is 63.0 Å². The van der Waals surface area contributed by atoms with Crippen LogP contribution in [0.4, 0.5) is 0 Å². The van der Waals surface area contributed by atoms with Gasteiger partial charge in [-0.2, -0.15) is 0 Å². The summed E-state index contributed by atoms with van der Waals surface area (Å²) < 4.78 is 0. The van der Waals surface area contributed by atoms with Crippen molar-refractivity contribution in [1.82, 2.24) is 4.98 Å². The van der Waals surface area contributed by atoms with Crippen LogP contribution >= 0.6 is 11.3 Å². The molecule has 0 N–H and O–H groups in total. The number of nitrogens with zero attached hydrogens (tertiary/aromatic N) is 1. The summed E-state index contributed by atoms with van der Waals surface area (Å²) in [5.74, 6) is 0. The second-order valence-electron chi connectivity index (χ2n) is 2.06. The Bertz CT molecular complexity index is 327. The van der Waals surface area contributed by atoms with Crippen molar-refractivity contribution in [2.24, 2.45) is 0 Å². The lowest BCUT2D eigenvalue weighted by Crippen LogP contribution is -1.75. The largest absolute Gasteiger partial charge is 0.241 e. The van der Waals surface area contributed by atoms with E-state index in [2.05, 4.69) is 16.4 Å². The van der Waals surface area contributed by atoms with Crippen LogP contribution in [-0.4, -0.2) is 4.98 Å². The Morgan fingerprint density at radius 2 is 2.20 bits per heavy atom. The molecule has 2 heteroatoms. The van der Waals surface area contributed by atoms with Crippen LogP contribution in [0.3, 0.4) is 0 Å². The van der Waals surface area contributed by atoms with Gasteiger partial charge in [-0.3, -0.25) is 0 Å². The molecule has 0 bridgehead atoms. The van der Waals surface area contributed by atoms with Gasteiger partial charge in [0.2, 0.25) is 0 Å². The normalized spacial score (nSPS) is 12.1. The molecule has 1 aliphatic carbocycles. The molecule has 1 nitrogen and oxygen atoms in total. The number of rotatable bonds is 0. The number of fused-ring (bicyclic) bond motifs is 1. The highest BCUT2D eigenvalue weighted by Gasteiger charge is 2.03. The highest BCUT2D eigenvalue weighted by Crippen LogP contribution is 2.21. The van der Waals surface area contributed by atoms with Crippen LogP contribution in [0.15, 0.2) is 11.5 Å². The van der Waals surface area contributed by atoms with Gasteiger partial charge in [-0.15, -0.1) is 11.3 Å². The molecular weight excluding hydrogens is 142 g/mol. The van der Waals surface area contributed by atoms with E-state index in [-0.39, 0.29) is 0 Å². The van der Waals surface area contributed by atoms with Gasteiger partial charge in [-0.1, -0.05) is 11.5 Å². The van der Waals surface area contributed by atoms with Crippen LogP contribution in [0.1, 0.15) is 15.6 Å². The van der Waals surface area contributed by atoms with Crippen molar-refractivity contribution in [3.05, 3.63) is 27.0 Å². The van der Waals surface area contributed by atoms with Crippen molar-refractivity contribution < 1.29 is 0 Å². The second-order valence-corrected chi connectivity index (χ2v) is 3.29. The van der Waals surface area contributed by atoms with Crippen LogP contribution in [0.5, 0.6) is 0 Å². The van der Waals surface area contributed by atoms with Crippen molar-refractivity contribution in [1.29, 1.82) is 0 Å². The lowest BCUT2D eigenvalue weighted by atomic mass is 10.3. The molecule has 1 aromatic rings. The van der Waals surface area contributed by atoms with Gasteiger partial charge in [0.15, 0.2) is 0 Å². The molecule has 1 heterocycles. The molecule has 0 atom stereocenters. The second kappa shape index (κ2) is 1.96. The average Bonchev–Trinajstić information content (AvgIpc) is 2.27.